The van der Waals surface area contributed by atoms with Gasteiger partial charge in [-0.15, -0.1) is 0 Å². The SMILES string of the molecule is CCCCCCCCCCCCCCCCCC[N+](C)(CN1CCCC1=O)C(C)C[N+](C)(C)CN1CCCC1=O. The average molecular weight is 565 g/mol. The Balaban J connectivity index is 1.65. The Hall–Kier alpha value is -1.14. The molecule has 2 unspecified atom stereocenters. The van der Waals surface area contributed by atoms with Gasteiger partial charge in [-0.2, -0.15) is 0 Å². The lowest BCUT2D eigenvalue weighted by atomic mass is 10.0. The van der Waals surface area contributed by atoms with Gasteiger partial charge in [0.05, 0.1) is 27.7 Å². The molecule has 2 saturated heterocycles. The maximum absolute atomic E-state index is 12.5. The highest BCUT2D eigenvalue weighted by molar-refractivity contribution is 5.78. The highest BCUT2D eigenvalue weighted by Crippen LogP contribution is 2.22. The fourth-order valence-corrected chi connectivity index (χ4v) is 6.98. The third kappa shape index (κ3) is 13.7. The van der Waals surface area contributed by atoms with Crippen LogP contribution in [-0.2, 0) is 9.59 Å². The van der Waals surface area contributed by atoms with Crippen molar-refractivity contribution in [2.24, 2.45) is 0 Å². The molecule has 0 aromatic heterocycles. The van der Waals surface area contributed by atoms with Gasteiger partial charge in [0.25, 0.3) is 0 Å². The van der Waals surface area contributed by atoms with E-state index in [1.54, 1.807) is 0 Å². The molecular formula is C34H68N4O2+2. The second-order valence-corrected chi connectivity index (χ2v) is 14.3. The Kier molecular flexibility index (Phi) is 16.8. The Morgan fingerprint density at radius 2 is 1.02 bits per heavy atom. The lowest BCUT2D eigenvalue weighted by Gasteiger charge is -2.45. The number of hydrogen-bond donors (Lipinski definition) is 0. The summed E-state index contributed by atoms with van der Waals surface area (Å²) in [7, 11) is 6.91. The van der Waals surface area contributed by atoms with Gasteiger partial charge in [0.2, 0.25) is 11.8 Å². The van der Waals surface area contributed by atoms with E-state index in [1.807, 2.05) is 0 Å². The molecule has 0 aromatic rings. The summed E-state index contributed by atoms with van der Waals surface area (Å²) in [5.41, 5.74) is 0. The molecule has 234 valence electrons. The summed E-state index contributed by atoms with van der Waals surface area (Å²) < 4.78 is 1.76. The molecule has 6 nitrogen and oxygen atoms in total. The zero-order valence-electron chi connectivity index (χ0n) is 27.6. The highest BCUT2D eigenvalue weighted by Gasteiger charge is 2.39. The number of amides is 2. The van der Waals surface area contributed by atoms with E-state index in [1.165, 1.54) is 103 Å². The smallest absolute Gasteiger partial charge is 0.226 e. The van der Waals surface area contributed by atoms with Crippen LogP contribution in [0.25, 0.3) is 0 Å². The summed E-state index contributed by atoms with van der Waals surface area (Å²) in [4.78, 5) is 28.9. The van der Waals surface area contributed by atoms with Crippen LogP contribution in [0.4, 0.5) is 0 Å². The van der Waals surface area contributed by atoms with Crippen LogP contribution in [0.5, 0.6) is 0 Å². The maximum atomic E-state index is 12.5. The first kappa shape index (κ1) is 35.1. The first-order chi connectivity index (χ1) is 19.2. The van der Waals surface area contributed by atoms with Gasteiger partial charge in [-0.3, -0.25) is 19.4 Å². The number of carbonyl (C=O) groups excluding carboxylic acids is 2. The van der Waals surface area contributed by atoms with Crippen LogP contribution < -0.4 is 0 Å². The number of rotatable bonds is 24. The largest absolute Gasteiger partial charge is 0.306 e. The molecule has 6 heteroatoms. The van der Waals surface area contributed by atoms with Gasteiger partial charge in [0.15, 0.2) is 13.3 Å². The molecule has 0 spiro atoms. The van der Waals surface area contributed by atoms with Crippen LogP contribution >= 0.6 is 0 Å². The number of likely N-dealkylation sites (tertiary alicyclic amines) is 2. The summed E-state index contributed by atoms with van der Waals surface area (Å²) in [6.07, 6.45) is 25.7. The van der Waals surface area contributed by atoms with E-state index in [4.69, 9.17) is 0 Å². The molecule has 0 saturated carbocycles. The number of carbonyl (C=O) groups is 2. The normalized spacial score (nSPS) is 18.6. The van der Waals surface area contributed by atoms with Crippen molar-refractivity contribution in [1.29, 1.82) is 0 Å². The molecule has 2 amide bonds. The van der Waals surface area contributed by atoms with E-state index < -0.39 is 0 Å². The molecule has 40 heavy (non-hydrogen) atoms. The van der Waals surface area contributed by atoms with Crippen molar-refractivity contribution in [2.45, 2.75) is 148 Å². The topological polar surface area (TPSA) is 40.6 Å². The lowest BCUT2D eigenvalue weighted by Crippen LogP contribution is -2.63. The molecule has 0 N–H and O–H groups in total. The van der Waals surface area contributed by atoms with E-state index in [2.05, 4.69) is 44.8 Å². The van der Waals surface area contributed by atoms with Crippen LogP contribution in [0, 0.1) is 0 Å². The fourth-order valence-electron chi connectivity index (χ4n) is 6.98. The van der Waals surface area contributed by atoms with Crippen molar-refractivity contribution in [3.05, 3.63) is 0 Å². The minimum absolute atomic E-state index is 0.312. The molecule has 2 aliphatic rings. The Bertz CT molecular complexity index is 712. The van der Waals surface area contributed by atoms with Crippen molar-refractivity contribution in [1.82, 2.24) is 9.80 Å². The molecule has 2 heterocycles. The van der Waals surface area contributed by atoms with Crippen LogP contribution in [0.2, 0.25) is 0 Å². The van der Waals surface area contributed by atoms with Gasteiger partial charge in [0, 0.05) is 25.9 Å². The van der Waals surface area contributed by atoms with Gasteiger partial charge < -0.3 is 8.97 Å². The molecular weight excluding hydrogens is 496 g/mol. The first-order valence-electron chi connectivity index (χ1n) is 17.4. The summed E-state index contributed by atoms with van der Waals surface area (Å²) in [6.45, 7) is 10.3. The third-order valence-electron chi connectivity index (χ3n) is 9.74. The fraction of sp³-hybridized carbons (Fsp3) is 0.941. The number of unbranched alkanes of at least 4 members (excludes halogenated alkanes) is 15. The minimum Gasteiger partial charge on any atom is -0.306 e. The maximum Gasteiger partial charge on any atom is 0.226 e. The van der Waals surface area contributed by atoms with E-state index >= 15 is 0 Å². The van der Waals surface area contributed by atoms with Crippen molar-refractivity contribution in [2.75, 3.05) is 60.7 Å². The monoisotopic (exact) mass is 565 g/mol. The second-order valence-electron chi connectivity index (χ2n) is 14.3. The van der Waals surface area contributed by atoms with Crippen LogP contribution in [-0.4, -0.2) is 97.3 Å². The van der Waals surface area contributed by atoms with Gasteiger partial charge in [-0.05, 0) is 32.6 Å². The van der Waals surface area contributed by atoms with Gasteiger partial charge >= 0.3 is 0 Å². The van der Waals surface area contributed by atoms with Crippen molar-refractivity contribution < 1.29 is 18.6 Å². The van der Waals surface area contributed by atoms with Gasteiger partial charge in [-0.25, -0.2) is 0 Å². The lowest BCUT2D eigenvalue weighted by molar-refractivity contribution is -0.981. The van der Waals surface area contributed by atoms with Crippen LogP contribution in [0.1, 0.15) is 142 Å². The van der Waals surface area contributed by atoms with E-state index in [9.17, 15) is 9.59 Å². The molecule has 2 fully saturated rings. The molecule has 2 aliphatic heterocycles. The minimum atomic E-state index is 0.312. The zero-order chi connectivity index (χ0) is 29.3. The van der Waals surface area contributed by atoms with Crippen LogP contribution in [0.15, 0.2) is 0 Å². The summed E-state index contributed by atoms with van der Waals surface area (Å²) in [6, 6.07) is 0.428. The summed E-state index contributed by atoms with van der Waals surface area (Å²) >= 11 is 0. The molecule has 0 bridgehead atoms. The van der Waals surface area contributed by atoms with Crippen molar-refractivity contribution in [3.8, 4) is 0 Å². The third-order valence-corrected chi connectivity index (χ3v) is 9.74. The van der Waals surface area contributed by atoms with Crippen molar-refractivity contribution >= 4 is 11.8 Å². The van der Waals surface area contributed by atoms with E-state index in [-0.39, 0.29) is 0 Å². The zero-order valence-corrected chi connectivity index (χ0v) is 27.6. The standard InChI is InChI=1S/C34H68N4O2/c1-6-7-8-9-10-11-12-13-14-15-16-17-18-19-20-21-28-38(5,31-36-27-23-25-34(36)40)32(2)29-37(3,4)30-35-26-22-24-33(35)39/h32H,6-31H2,1-5H3/q+2. The first-order valence-corrected chi connectivity index (χ1v) is 17.4. The second kappa shape index (κ2) is 19.1. The molecule has 2 atom stereocenters. The predicted octanol–water partition coefficient (Wildman–Crippen LogP) is 7.32. The molecule has 0 aliphatic carbocycles. The Morgan fingerprint density at radius 3 is 1.43 bits per heavy atom. The van der Waals surface area contributed by atoms with Crippen LogP contribution in [0.3, 0.4) is 0 Å². The van der Waals surface area contributed by atoms with E-state index in [0.717, 1.165) is 61.3 Å². The number of quaternary nitrogens is 2. The number of likely N-dealkylation sites (N-methyl/N-ethyl adjacent to an activating group) is 2. The quantitative estimate of drug-likeness (QED) is 0.0910. The average Bonchev–Trinajstić information content (AvgIpc) is 3.49. The van der Waals surface area contributed by atoms with Crippen molar-refractivity contribution in [3.63, 3.8) is 0 Å². The Labute approximate surface area is 249 Å². The predicted molar refractivity (Wildman–Crippen MR) is 169 cm³/mol. The van der Waals surface area contributed by atoms with E-state index in [0.29, 0.717) is 30.7 Å². The number of nitrogens with zero attached hydrogens (tertiary/aromatic N) is 4. The molecule has 0 radical (unpaired) electrons. The Morgan fingerprint density at radius 1 is 0.625 bits per heavy atom. The summed E-state index contributed by atoms with van der Waals surface area (Å²) in [5.74, 6) is 0.645. The number of hydrogen-bond acceptors (Lipinski definition) is 2. The highest BCUT2D eigenvalue weighted by atomic mass is 16.2. The molecule has 2 rings (SSSR count). The molecule has 0 aromatic carbocycles. The van der Waals surface area contributed by atoms with Gasteiger partial charge in [0.1, 0.15) is 12.6 Å². The van der Waals surface area contributed by atoms with Gasteiger partial charge in [-0.1, -0.05) is 96.8 Å². The summed E-state index contributed by atoms with van der Waals surface area (Å²) in [5, 5.41) is 0.